The van der Waals surface area contributed by atoms with Gasteiger partial charge >= 0.3 is 12.1 Å². The topological polar surface area (TPSA) is 120 Å². The number of hydrogen-bond donors (Lipinski definition) is 3. The Morgan fingerprint density at radius 1 is 1.16 bits per heavy atom. The summed E-state index contributed by atoms with van der Waals surface area (Å²) < 4.78 is 26.1. The molecule has 2 aromatic rings. The number of morpholine rings is 1. The van der Waals surface area contributed by atoms with Gasteiger partial charge in [0.2, 0.25) is 5.91 Å². The molecule has 0 radical (unpaired) electrons. The van der Waals surface area contributed by atoms with E-state index in [2.05, 4.69) is 10.6 Å². The zero-order valence-electron chi connectivity index (χ0n) is 20.4. The van der Waals surface area contributed by atoms with Gasteiger partial charge < -0.3 is 30.1 Å². The van der Waals surface area contributed by atoms with Crippen LogP contribution in [0.3, 0.4) is 0 Å². The Bertz CT molecular complexity index is 1180. The van der Waals surface area contributed by atoms with Crippen molar-refractivity contribution in [1.29, 1.82) is 0 Å². The van der Waals surface area contributed by atoms with E-state index in [0.29, 0.717) is 49.9 Å². The summed E-state index contributed by atoms with van der Waals surface area (Å²) in [6.07, 6.45) is 1.39. The Hall–Kier alpha value is -4.12. The van der Waals surface area contributed by atoms with Gasteiger partial charge in [0, 0.05) is 38.7 Å². The standard InChI is InChI=1S/C26H29FN4O6/c1-17(32)28-15-20-16-31(26(35)37-20)24-12-21(27)23(30-8-10-36-11-9-30)13-22(24)29-14-19-4-2-18(3-5-19)6-7-25(33)34/h2-7,12-13,20,29H,8-11,14-16H2,1H3,(H,28,32)(H,33,34)/b7-6+/t20-/m0/s1. The van der Waals surface area contributed by atoms with E-state index in [1.807, 2.05) is 17.0 Å². The minimum atomic E-state index is -1.02. The van der Waals surface area contributed by atoms with Crippen molar-refractivity contribution in [3.63, 3.8) is 0 Å². The van der Waals surface area contributed by atoms with Crippen LogP contribution in [0.4, 0.5) is 26.2 Å². The SMILES string of the molecule is CC(=O)NC[C@H]1CN(c2cc(F)c(N3CCOCC3)cc2NCc2ccc(/C=C/C(=O)O)cc2)C(=O)O1. The average molecular weight is 513 g/mol. The lowest BCUT2D eigenvalue weighted by molar-refractivity contribution is -0.131. The molecule has 2 saturated heterocycles. The number of nitrogens with one attached hydrogen (secondary N) is 2. The first-order chi connectivity index (χ1) is 17.8. The third-order valence-electron chi connectivity index (χ3n) is 6.04. The molecule has 10 nitrogen and oxygen atoms in total. The zero-order valence-corrected chi connectivity index (χ0v) is 20.4. The molecule has 4 rings (SSSR count). The quantitative estimate of drug-likeness (QED) is 0.439. The number of anilines is 3. The molecule has 196 valence electrons. The van der Waals surface area contributed by atoms with Crippen LogP contribution in [0.15, 0.2) is 42.5 Å². The number of ether oxygens (including phenoxy) is 2. The van der Waals surface area contributed by atoms with Gasteiger partial charge in [-0.2, -0.15) is 0 Å². The van der Waals surface area contributed by atoms with Crippen LogP contribution >= 0.6 is 0 Å². The van der Waals surface area contributed by atoms with Gasteiger partial charge in [0.1, 0.15) is 11.9 Å². The third-order valence-corrected chi connectivity index (χ3v) is 6.04. The summed E-state index contributed by atoms with van der Waals surface area (Å²) in [6, 6.07) is 10.3. The average Bonchev–Trinajstić information content (AvgIpc) is 3.26. The summed E-state index contributed by atoms with van der Waals surface area (Å²) in [5.41, 5.74) is 2.95. The fourth-order valence-corrected chi connectivity index (χ4v) is 4.16. The number of carboxylic acid groups (broad SMARTS) is 1. The van der Waals surface area contributed by atoms with E-state index in [0.717, 1.165) is 17.2 Å². The van der Waals surface area contributed by atoms with E-state index >= 15 is 4.39 Å². The molecule has 0 aromatic heterocycles. The molecule has 2 aliphatic rings. The molecule has 11 heteroatoms. The molecule has 2 fully saturated rings. The van der Waals surface area contributed by atoms with Crippen LogP contribution in [-0.2, 0) is 25.6 Å². The van der Waals surface area contributed by atoms with Gasteiger partial charge in [-0.25, -0.2) is 14.0 Å². The maximum Gasteiger partial charge on any atom is 0.414 e. The highest BCUT2D eigenvalue weighted by molar-refractivity contribution is 5.95. The van der Waals surface area contributed by atoms with Gasteiger partial charge in [-0.05, 0) is 23.3 Å². The summed E-state index contributed by atoms with van der Waals surface area (Å²) in [5, 5.41) is 14.7. The number of halogens is 1. The van der Waals surface area contributed by atoms with Crippen LogP contribution in [0.2, 0.25) is 0 Å². The predicted molar refractivity (Wildman–Crippen MR) is 136 cm³/mol. The summed E-state index contributed by atoms with van der Waals surface area (Å²) >= 11 is 0. The van der Waals surface area contributed by atoms with Crippen molar-refractivity contribution in [3.8, 4) is 0 Å². The lowest BCUT2D eigenvalue weighted by Gasteiger charge is -2.30. The molecule has 2 amide bonds. The Morgan fingerprint density at radius 2 is 1.89 bits per heavy atom. The number of carboxylic acids is 1. The van der Waals surface area contributed by atoms with Crippen LogP contribution in [0.5, 0.6) is 0 Å². The maximum absolute atomic E-state index is 15.3. The van der Waals surface area contributed by atoms with E-state index in [4.69, 9.17) is 14.6 Å². The number of carbonyl (C=O) groups excluding carboxylic acids is 2. The van der Waals surface area contributed by atoms with Crippen LogP contribution in [0.25, 0.3) is 6.08 Å². The molecule has 0 aliphatic carbocycles. The number of rotatable bonds is 9. The molecule has 0 bridgehead atoms. The monoisotopic (exact) mass is 512 g/mol. The Balaban J connectivity index is 1.57. The molecule has 3 N–H and O–H groups in total. The second-order valence-corrected chi connectivity index (χ2v) is 8.74. The predicted octanol–water partition coefficient (Wildman–Crippen LogP) is 2.83. The lowest BCUT2D eigenvalue weighted by Crippen LogP contribution is -2.37. The number of amides is 2. The van der Waals surface area contributed by atoms with E-state index < -0.39 is 24.0 Å². The fourth-order valence-electron chi connectivity index (χ4n) is 4.16. The van der Waals surface area contributed by atoms with Gasteiger partial charge in [-0.15, -0.1) is 0 Å². The summed E-state index contributed by atoms with van der Waals surface area (Å²) in [4.78, 5) is 37.9. The van der Waals surface area contributed by atoms with Crippen LogP contribution < -0.4 is 20.4 Å². The smallest absolute Gasteiger partial charge is 0.414 e. The van der Waals surface area contributed by atoms with Crippen molar-refractivity contribution in [3.05, 3.63) is 59.4 Å². The minimum Gasteiger partial charge on any atom is -0.478 e. The van der Waals surface area contributed by atoms with E-state index in [1.54, 1.807) is 18.2 Å². The van der Waals surface area contributed by atoms with Crippen molar-refractivity contribution in [1.82, 2.24) is 5.32 Å². The van der Waals surface area contributed by atoms with Crippen molar-refractivity contribution >= 4 is 41.1 Å². The molecule has 37 heavy (non-hydrogen) atoms. The number of carbonyl (C=O) groups is 3. The van der Waals surface area contributed by atoms with E-state index in [9.17, 15) is 14.4 Å². The van der Waals surface area contributed by atoms with Gasteiger partial charge in [0.25, 0.3) is 0 Å². The highest BCUT2D eigenvalue weighted by Gasteiger charge is 2.34. The Kier molecular flexibility index (Phi) is 8.24. The number of hydrogen-bond acceptors (Lipinski definition) is 7. The van der Waals surface area contributed by atoms with Crippen molar-refractivity contribution in [2.45, 2.75) is 19.6 Å². The molecular formula is C26H29FN4O6. The normalized spacial score (nSPS) is 17.7. The highest BCUT2D eigenvalue weighted by atomic mass is 19.1. The zero-order chi connectivity index (χ0) is 26.4. The van der Waals surface area contributed by atoms with Crippen LogP contribution in [0, 0.1) is 5.82 Å². The largest absolute Gasteiger partial charge is 0.478 e. The second kappa shape index (κ2) is 11.7. The van der Waals surface area contributed by atoms with Crippen molar-refractivity contribution in [2.75, 3.05) is 54.5 Å². The number of cyclic esters (lactones) is 1. The third kappa shape index (κ3) is 6.76. The Labute approximate surface area is 213 Å². The first-order valence-corrected chi connectivity index (χ1v) is 11.9. The number of nitrogens with zero attached hydrogens (tertiary/aromatic N) is 2. The Morgan fingerprint density at radius 3 is 2.57 bits per heavy atom. The maximum atomic E-state index is 15.3. The number of benzene rings is 2. The number of aliphatic carboxylic acids is 1. The van der Waals surface area contributed by atoms with Gasteiger partial charge in [-0.1, -0.05) is 24.3 Å². The molecule has 0 saturated carbocycles. The van der Waals surface area contributed by atoms with Gasteiger partial charge in [0.05, 0.1) is 43.4 Å². The summed E-state index contributed by atoms with van der Waals surface area (Å²) in [7, 11) is 0. The second-order valence-electron chi connectivity index (χ2n) is 8.74. The van der Waals surface area contributed by atoms with Gasteiger partial charge in [0.15, 0.2) is 0 Å². The van der Waals surface area contributed by atoms with E-state index in [-0.39, 0.29) is 19.0 Å². The minimum absolute atomic E-state index is 0.161. The fraction of sp³-hybridized carbons (Fsp3) is 0.346. The molecule has 2 heterocycles. The van der Waals surface area contributed by atoms with Crippen LogP contribution in [-0.4, -0.2) is 68.6 Å². The summed E-state index contributed by atoms with van der Waals surface area (Å²) in [5.74, 6) is -1.72. The molecule has 2 aromatic carbocycles. The molecule has 1 atom stereocenters. The molecule has 0 unspecified atom stereocenters. The first kappa shape index (κ1) is 26.0. The van der Waals surface area contributed by atoms with E-state index in [1.165, 1.54) is 24.0 Å². The van der Waals surface area contributed by atoms with Crippen molar-refractivity contribution < 1.29 is 33.4 Å². The van der Waals surface area contributed by atoms with Crippen molar-refractivity contribution in [2.24, 2.45) is 0 Å². The van der Waals surface area contributed by atoms with Gasteiger partial charge in [-0.3, -0.25) is 9.69 Å². The summed E-state index contributed by atoms with van der Waals surface area (Å²) in [6.45, 7) is 4.17. The first-order valence-electron chi connectivity index (χ1n) is 11.9. The molecule has 2 aliphatic heterocycles. The molecular weight excluding hydrogens is 483 g/mol. The van der Waals surface area contributed by atoms with Crippen LogP contribution in [0.1, 0.15) is 18.1 Å². The molecule has 0 spiro atoms. The lowest BCUT2D eigenvalue weighted by atomic mass is 10.1. The highest BCUT2D eigenvalue weighted by Crippen LogP contribution is 2.36.